The Balaban J connectivity index is 2.20. The largest absolute Gasteiger partial charge is 0.364 e. The smallest absolute Gasteiger partial charge is 0.257 e. The lowest BCUT2D eigenvalue weighted by atomic mass is 10.1. The van der Waals surface area contributed by atoms with E-state index in [1.165, 1.54) is 12.3 Å². The van der Waals surface area contributed by atoms with Crippen LogP contribution in [0.2, 0.25) is 0 Å². The molecule has 0 bridgehead atoms. The van der Waals surface area contributed by atoms with Crippen LogP contribution in [0.5, 0.6) is 0 Å². The first-order valence-corrected chi connectivity index (χ1v) is 7.35. The molecule has 1 unspecified atom stereocenters. The molecule has 0 aliphatic rings. The van der Waals surface area contributed by atoms with E-state index < -0.39 is 0 Å². The number of nitrogens with one attached hydrogen (secondary N) is 2. The topological polar surface area (TPSA) is 62.0 Å². The maximum Gasteiger partial charge on any atom is 0.257 e. The molecule has 5 heteroatoms. The lowest BCUT2D eigenvalue weighted by molar-refractivity contribution is 0.0939. The molecule has 0 aliphatic heterocycles. The predicted octanol–water partition coefficient (Wildman–Crippen LogP) is 2.55. The molecular weight excluding hydrogens is 320 g/mol. The number of amides is 1. The first-order valence-electron chi connectivity index (χ1n) is 6.23. The van der Waals surface area contributed by atoms with Crippen molar-refractivity contribution < 1.29 is 4.79 Å². The zero-order valence-electron chi connectivity index (χ0n) is 11.0. The molecule has 0 saturated heterocycles. The molecule has 1 heterocycles. The highest BCUT2D eigenvalue weighted by molar-refractivity contribution is 9.09. The number of rotatable bonds is 4. The predicted molar refractivity (Wildman–Crippen MR) is 82.2 cm³/mol. The fourth-order valence-electron chi connectivity index (χ4n) is 1.88. The van der Waals surface area contributed by atoms with Crippen LogP contribution in [0, 0.1) is 6.92 Å². The van der Waals surface area contributed by atoms with Crippen molar-refractivity contribution in [2.24, 2.45) is 0 Å². The minimum atomic E-state index is -0.375. The van der Waals surface area contributed by atoms with Crippen molar-refractivity contribution in [1.29, 1.82) is 0 Å². The fraction of sp³-hybridized carbons (Fsp3) is 0.200. The number of alkyl halides is 1. The lowest BCUT2D eigenvalue weighted by Gasteiger charge is -2.16. The third kappa shape index (κ3) is 3.36. The highest BCUT2D eigenvalue weighted by Crippen LogP contribution is 2.15. The SMILES string of the molecule is Cc1cc(=O)c(C(=O)NC(CBr)c2ccccc2)c[nH]1. The standard InChI is InChI=1S/C15H15BrN2O2/c1-10-7-14(19)12(9-17-10)15(20)18-13(8-16)11-5-3-2-4-6-11/h2-7,9,13H,8H2,1H3,(H,17,19)(H,18,20). The number of pyridine rings is 1. The summed E-state index contributed by atoms with van der Waals surface area (Å²) >= 11 is 3.38. The Labute approximate surface area is 125 Å². The third-order valence-corrected chi connectivity index (χ3v) is 3.61. The van der Waals surface area contributed by atoms with Crippen LogP contribution in [0.1, 0.15) is 27.7 Å². The zero-order chi connectivity index (χ0) is 14.5. The van der Waals surface area contributed by atoms with Crippen molar-refractivity contribution in [1.82, 2.24) is 10.3 Å². The normalized spacial score (nSPS) is 11.9. The molecule has 1 aromatic carbocycles. The van der Waals surface area contributed by atoms with Crippen molar-refractivity contribution in [2.45, 2.75) is 13.0 Å². The molecule has 2 rings (SSSR count). The van der Waals surface area contributed by atoms with Gasteiger partial charge in [0.2, 0.25) is 0 Å². The van der Waals surface area contributed by atoms with Gasteiger partial charge >= 0.3 is 0 Å². The maximum atomic E-state index is 12.2. The lowest BCUT2D eigenvalue weighted by Crippen LogP contribution is -2.33. The van der Waals surface area contributed by atoms with E-state index in [1.54, 1.807) is 6.92 Å². The molecule has 2 aromatic rings. The van der Waals surface area contributed by atoms with Crippen LogP contribution in [-0.2, 0) is 0 Å². The number of aryl methyl sites for hydroxylation is 1. The molecular formula is C15H15BrN2O2. The summed E-state index contributed by atoms with van der Waals surface area (Å²) < 4.78 is 0. The van der Waals surface area contributed by atoms with Crippen molar-refractivity contribution >= 4 is 21.8 Å². The van der Waals surface area contributed by atoms with Gasteiger partial charge in [0.25, 0.3) is 5.91 Å². The second-order valence-corrected chi connectivity index (χ2v) is 5.13. The zero-order valence-corrected chi connectivity index (χ0v) is 12.6. The summed E-state index contributed by atoms with van der Waals surface area (Å²) in [6.07, 6.45) is 1.45. The Morgan fingerprint density at radius 3 is 2.65 bits per heavy atom. The number of aromatic amines is 1. The van der Waals surface area contributed by atoms with Gasteiger partial charge in [-0.1, -0.05) is 46.3 Å². The number of carbonyl (C=O) groups excluding carboxylic acids is 1. The van der Waals surface area contributed by atoms with E-state index in [2.05, 4.69) is 26.2 Å². The Bertz CT molecular complexity index is 652. The molecule has 1 amide bonds. The first kappa shape index (κ1) is 14.5. The summed E-state index contributed by atoms with van der Waals surface area (Å²) in [5, 5.41) is 3.43. The Morgan fingerprint density at radius 2 is 2.05 bits per heavy atom. The highest BCUT2D eigenvalue weighted by Gasteiger charge is 2.16. The van der Waals surface area contributed by atoms with Gasteiger partial charge in [-0.3, -0.25) is 9.59 Å². The van der Waals surface area contributed by atoms with Crippen LogP contribution in [0.4, 0.5) is 0 Å². The second kappa shape index (κ2) is 6.52. The van der Waals surface area contributed by atoms with Gasteiger partial charge in [-0.15, -0.1) is 0 Å². The van der Waals surface area contributed by atoms with Gasteiger partial charge < -0.3 is 10.3 Å². The van der Waals surface area contributed by atoms with Gasteiger partial charge in [0.15, 0.2) is 5.43 Å². The summed E-state index contributed by atoms with van der Waals surface area (Å²) in [6, 6.07) is 10.9. The number of hydrogen-bond donors (Lipinski definition) is 2. The first-order chi connectivity index (χ1) is 9.61. The van der Waals surface area contributed by atoms with Crippen LogP contribution in [0.15, 0.2) is 47.4 Å². The molecule has 104 valence electrons. The van der Waals surface area contributed by atoms with Crippen LogP contribution >= 0.6 is 15.9 Å². The van der Waals surface area contributed by atoms with E-state index >= 15 is 0 Å². The molecule has 4 nitrogen and oxygen atoms in total. The van der Waals surface area contributed by atoms with Crippen LogP contribution in [0.3, 0.4) is 0 Å². The number of aromatic nitrogens is 1. The Morgan fingerprint density at radius 1 is 1.35 bits per heavy atom. The Kier molecular flexibility index (Phi) is 4.74. The average Bonchev–Trinajstić information content (AvgIpc) is 2.45. The number of carbonyl (C=O) groups is 1. The van der Waals surface area contributed by atoms with E-state index in [9.17, 15) is 9.59 Å². The van der Waals surface area contributed by atoms with Crippen molar-refractivity contribution in [3.05, 3.63) is 69.6 Å². The summed E-state index contributed by atoms with van der Waals surface area (Å²) in [7, 11) is 0. The van der Waals surface area contributed by atoms with Gasteiger partial charge in [0.05, 0.1) is 6.04 Å². The van der Waals surface area contributed by atoms with Crippen LogP contribution in [-0.4, -0.2) is 16.2 Å². The quantitative estimate of drug-likeness (QED) is 0.844. The molecule has 1 atom stereocenters. The third-order valence-electron chi connectivity index (χ3n) is 2.96. The second-order valence-electron chi connectivity index (χ2n) is 4.48. The molecule has 0 aliphatic carbocycles. The Hall–Kier alpha value is -1.88. The molecule has 1 aromatic heterocycles. The van der Waals surface area contributed by atoms with E-state index in [1.807, 2.05) is 30.3 Å². The van der Waals surface area contributed by atoms with E-state index in [0.29, 0.717) is 5.33 Å². The minimum Gasteiger partial charge on any atom is -0.364 e. The van der Waals surface area contributed by atoms with Crippen molar-refractivity contribution in [2.75, 3.05) is 5.33 Å². The van der Waals surface area contributed by atoms with E-state index in [0.717, 1.165) is 11.3 Å². The molecule has 0 fully saturated rings. The van der Waals surface area contributed by atoms with E-state index in [4.69, 9.17) is 0 Å². The summed E-state index contributed by atoms with van der Waals surface area (Å²) in [4.78, 5) is 26.8. The molecule has 0 saturated carbocycles. The van der Waals surface area contributed by atoms with Crippen molar-refractivity contribution in [3.63, 3.8) is 0 Å². The molecule has 2 N–H and O–H groups in total. The number of halogens is 1. The fourth-order valence-corrected chi connectivity index (χ4v) is 2.42. The van der Waals surface area contributed by atoms with Gasteiger partial charge in [-0.2, -0.15) is 0 Å². The highest BCUT2D eigenvalue weighted by atomic mass is 79.9. The maximum absolute atomic E-state index is 12.2. The van der Waals surface area contributed by atoms with Gasteiger partial charge in [-0.05, 0) is 12.5 Å². The van der Waals surface area contributed by atoms with Gasteiger partial charge in [0, 0.05) is 23.3 Å². The molecule has 0 radical (unpaired) electrons. The summed E-state index contributed by atoms with van der Waals surface area (Å²) in [5.41, 5.74) is 1.56. The molecule has 20 heavy (non-hydrogen) atoms. The van der Waals surface area contributed by atoms with Crippen molar-refractivity contribution in [3.8, 4) is 0 Å². The van der Waals surface area contributed by atoms with Crippen LogP contribution in [0.25, 0.3) is 0 Å². The number of benzene rings is 1. The number of hydrogen-bond acceptors (Lipinski definition) is 2. The monoisotopic (exact) mass is 334 g/mol. The minimum absolute atomic E-state index is 0.123. The number of H-pyrrole nitrogens is 1. The summed E-state index contributed by atoms with van der Waals surface area (Å²) in [6.45, 7) is 1.77. The van der Waals surface area contributed by atoms with E-state index in [-0.39, 0.29) is 22.9 Å². The summed E-state index contributed by atoms with van der Waals surface area (Å²) in [5.74, 6) is -0.375. The van der Waals surface area contributed by atoms with Gasteiger partial charge in [-0.25, -0.2) is 0 Å². The van der Waals surface area contributed by atoms with Crippen LogP contribution < -0.4 is 10.7 Å². The van der Waals surface area contributed by atoms with Gasteiger partial charge in [0.1, 0.15) is 5.56 Å². The molecule has 0 spiro atoms. The average molecular weight is 335 g/mol.